The molecule has 3 heterocycles. The molecule has 8 heteroatoms. The van der Waals surface area contributed by atoms with E-state index in [1.165, 1.54) is 11.3 Å². The predicted molar refractivity (Wildman–Crippen MR) is 93.1 cm³/mol. The predicted octanol–water partition coefficient (Wildman–Crippen LogP) is 2.69. The molecular formula is C18H14N4O3S. The first-order valence-electron chi connectivity index (χ1n) is 8.26. The minimum Gasteiger partial charge on any atom is -0.337 e. The summed E-state index contributed by atoms with van der Waals surface area (Å²) >= 11 is 1.50. The molecule has 1 spiro atoms. The lowest BCUT2D eigenvalue weighted by molar-refractivity contribution is -0.132. The van der Waals surface area contributed by atoms with Crippen molar-refractivity contribution in [2.24, 2.45) is 0 Å². The summed E-state index contributed by atoms with van der Waals surface area (Å²) in [6.45, 7) is -0.0348. The number of rotatable bonds is 3. The van der Waals surface area contributed by atoms with E-state index in [0.717, 1.165) is 27.3 Å². The molecule has 1 atom stereocenters. The van der Waals surface area contributed by atoms with E-state index in [4.69, 9.17) is 4.52 Å². The van der Waals surface area contributed by atoms with Crippen LogP contribution in [0.25, 0.3) is 10.7 Å². The molecule has 5 rings (SSSR count). The Balaban J connectivity index is 1.43. The fourth-order valence-electron chi connectivity index (χ4n) is 3.69. The third-order valence-corrected chi connectivity index (χ3v) is 5.79. The van der Waals surface area contributed by atoms with Crippen molar-refractivity contribution in [2.45, 2.75) is 24.9 Å². The Morgan fingerprint density at radius 1 is 1.23 bits per heavy atom. The van der Waals surface area contributed by atoms with Gasteiger partial charge in [0.2, 0.25) is 11.7 Å². The van der Waals surface area contributed by atoms with Crippen molar-refractivity contribution < 1.29 is 14.1 Å². The largest absolute Gasteiger partial charge is 0.337 e. The molecule has 0 radical (unpaired) electrons. The Hall–Kier alpha value is -3.00. The van der Waals surface area contributed by atoms with Crippen LogP contribution in [-0.4, -0.2) is 27.0 Å². The number of carbonyl (C=O) groups is 2. The number of nitrogens with one attached hydrogen (secondary N) is 1. The van der Waals surface area contributed by atoms with E-state index in [2.05, 4.69) is 15.5 Å². The van der Waals surface area contributed by atoms with Gasteiger partial charge in [-0.05, 0) is 35.4 Å². The van der Waals surface area contributed by atoms with Gasteiger partial charge in [0.1, 0.15) is 12.1 Å². The van der Waals surface area contributed by atoms with Gasteiger partial charge in [-0.15, -0.1) is 11.3 Å². The maximum Gasteiger partial charge on any atom is 0.325 e. The average molecular weight is 366 g/mol. The summed E-state index contributed by atoms with van der Waals surface area (Å²) in [5.74, 6) is 0.437. The molecule has 2 aliphatic rings. The van der Waals surface area contributed by atoms with Crippen molar-refractivity contribution in [3.05, 3.63) is 58.8 Å². The maximum absolute atomic E-state index is 13.1. The summed E-state index contributed by atoms with van der Waals surface area (Å²) < 4.78 is 5.24. The van der Waals surface area contributed by atoms with Gasteiger partial charge in [-0.25, -0.2) is 4.79 Å². The van der Waals surface area contributed by atoms with Crippen LogP contribution in [0.1, 0.15) is 23.4 Å². The maximum atomic E-state index is 13.1. The van der Waals surface area contributed by atoms with Crippen LogP contribution in [0.5, 0.6) is 0 Å². The molecule has 1 unspecified atom stereocenters. The minimum atomic E-state index is -0.968. The first-order chi connectivity index (χ1) is 12.7. The summed E-state index contributed by atoms with van der Waals surface area (Å²) in [5, 5.41) is 8.74. The number of amides is 3. The number of hydrogen-bond acceptors (Lipinski definition) is 6. The first-order valence-corrected chi connectivity index (χ1v) is 9.14. The van der Waals surface area contributed by atoms with Crippen molar-refractivity contribution in [2.75, 3.05) is 0 Å². The van der Waals surface area contributed by atoms with Gasteiger partial charge in [-0.3, -0.25) is 9.69 Å². The van der Waals surface area contributed by atoms with Crippen molar-refractivity contribution in [1.82, 2.24) is 20.4 Å². The lowest BCUT2D eigenvalue weighted by Gasteiger charge is -2.21. The SMILES string of the molecule is O=C1NC2(CCc3ccccc32)C(=O)N1Cc1nc(-c2cccs2)no1. The van der Waals surface area contributed by atoms with Gasteiger partial charge < -0.3 is 9.84 Å². The Morgan fingerprint density at radius 2 is 2.12 bits per heavy atom. The van der Waals surface area contributed by atoms with Gasteiger partial charge in [-0.1, -0.05) is 35.5 Å². The van der Waals surface area contributed by atoms with Crippen LogP contribution in [0.3, 0.4) is 0 Å². The summed E-state index contributed by atoms with van der Waals surface area (Å²) in [4.78, 5) is 31.9. The number of aryl methyl sites for hydroxylation is 1. The molecule has 1 N–H and O–H groups in total. The molecule has 0 bridgehead atoms. The van der Waals surface area contributed by atoms with Crippen molar-refractivity contribution in [1.29, 1.82) is 0 Å². The highest BCUT2D eigenvalue weighted by atomic mass is 32.1. The number of urea groups is 1. The van der Waals surface area contributed by atoms with Crippen LogP contribution < -0.4 is 5.32 Å². The molecule has 1 saturated heterocycles. The van der Waals surface area contributed by atoms with Crippen LogP contribution in [-0.2, 0) is 23.3 Å². The first kappa shape index (κ1) is 15.3. The second-order valence-corrected chi connectivity index (χ2v) is 7.32. The fraction of sp³-hybridized carbons (Fsp3) is 0.222. The van der Waals surface area contributed by atoms with E-state index < -0.39 is 11.6 Å². The molecule has 1 aliphatic heterocycles. The molecule has 1 aliphatic carbocycles. The van der Waals surface area contributed by atoms with Crippen LogP contribution in [0.4, 0.5) is 4.79 Å². The second kappa shape index (κ2) is 5.50. The van der Waals surface area contributed by atoms with Gasteiger partial charge in [-0.2, -0.15) is 4.98 Å². The van der Waals surface area contributed by atoms with E-state index in [1.807, 2.05) is 41.8 Å². The molecule has 2 aromatic heterocycles. The monoisotopic (exact) mass is 366 g/mol. The van der Waals surface area contributed by atoms with E-state index in [1.54, 1.807) is 0 Å². The number of fused-ring (bicyclic) bond motifs is 2. The van der Waals surface area contributed by atoms with E-state index >= 15 is 0 Å². The van der Waals surface area contributed by atoms with Gasteiger partial charge in [0.15, 0.2) is 0 Å². The highest BCUT2D eigenvalue weighted by Gasteiger charge is 2.55. The molecule has 3 aromatic rings. The van der Waals surface area contributed by atoms with Gasteiger partial charge >= 0.3 is 6.03 Å². The number of hydrogen-bond donors (Lipinski definition) is 1. The lowest BCUT2D eigenvalue weighted by Crippen LogP contribution is -2.41. The second-order valence-electron chi connectivity index (χ2n) is 6.37. The van der Waals surface area contributed by atoms with Crippen molar-refractivity contribution in [3.63, 3.8) is 0 Å². The molecule has 1 aromatic carbocycles. The molecule has 7 nitrogen and oxygen atoms in total. The van der Waals surface area contributed by atoms with Crippen LogP contribution in [0.15, 0.2) is 46.3 Å². The molecule has 3 amide bonds. The molecule has 0 saturated carbocycles. The van der Waals surface area contributed by atoms with Crippen molar-refractivity contribution >= 4 is 23.3 Å². The molecule has 1 fully saturated rings. The number of benzene rings is 1. The number of carbonyl (C=O) groups excluding carboxylic acids is 2. The third kappa shape index (κ3) is 2.12. The standard InChI is InChI=1S/C18H14N4O3S/c23-16-18(8-7-11-4-1-2-5-12(11)18)20-17(24)22(16)10-14-19-15(21-25-14)13-6-3-9-26-13/h1-6,9H,7-8,10H2,(H,20,24). The summed E-state index contributed by atoms with van der Waals surface area (Å²) in [6.07, 6.45) is 1.33. The van der Waals surface area contributed by atoms with Gasteiger partial charge in [0.05, 0.1) is 4.88 Å². The Bertz CT molecular complexity index is 1010. The Morgan fingerprint density at radius 3 is 2.96 bits per heavy atom. The zero-order valence-corrected chi connectivity index (χ0v) is 14.5. The van der Waals surface area contributed by atoms with E-state index in [-0.39, 0.29) is 18.3 Å². The smallest absolute Gasteiger partial charge is 0.325 e. The number of thiophene rings is 1. The van der Waals surface area contributed by atoms with Gasteiger partial charge in [0, 0.05) is 0 Å². The fourth-order valence-corrected chi connectivity index (χ4v) is 4.34. The normalized spacial score (nSPS) is 21.5. The quantitative estimate of drug-likeness (QED) is 0.720. The molecular weight excluding hydrogens is 352 g/mol. The number of imide groups is 1. The number of aromatic nitrogens is 2. The van der Waals surface area contributed by atoms with Crippen LogP contribution in [0.2, 0.25) is 0 Å². The Kier molecular flexibility index (Phi) is 3.23. The molecule has 26 heavy (non-hydrogen) atoms. The third-order valence-electron chi connectivity index (χ3n) is 4.93. The van der Waals surface area contributed by atoms with Gasteiger partial charge in [0.25, 0.3) is 5.91 Å². The minimum absolute atomic E-state index is 0.0348. The highest BCUT2D eigenvalue weighted by Crippen LogP contribution is 2.41. The summed E-state index contributed by atoms with van der Waals surface area (Å²) in [6, 6.07) is 11.1. The van der Waals surface area contributed by atoms with Crippen LogP contribution >= 0.6 is 11.3 Å². The summed E-state index contributed by atoms with van der Waals surface area (Å²) in [5.41, 5.74) is 1.01. The highest BCUT2D eigenvalue weighted by molar-refractivity contribution is 7.13. The van der Waals surface area contributed by atoms with E-state index in [0.29, 0.717) is 12.2 Å². The average Bonchev–Trinajstić information content (AvgIpc) is 3.41. The van der Waals surface area contributed by atoms with Crippen LogP contribution in [0, 0.1) is 0 Å². The zero-order chi connectivity index (χ0) is 17.7. The number of nitrogens with zero attached hydrogens (tertiary/aromatic N) is 3. The Labute approximate surface area is 152 Å². The topological polar surface area (TPSA) is 88.3 Å². The van der Waals surface area contributed by atoms with Crippen molar-refractivity contribution in [3.8, 4) is 10.7 Å². The molecule has 130 valence electrons. The lowest BCUT2D eigenvalue weighted by atomic mass is 9.92. The zero-order valence-electron chi connectivity index (χ0n) is 13.6. The summed E-state index contributed by atoms with van der Waals surface area (Å²) in [7, 11) is 0. The van der Waals surface area contributed by atoms with E-state index in [9.17, 15) is 9.59 Å².